The first-order valence-electron chi connectivity index (χ1n) is 6.86. The Kier molecular flexibility index (Phi) is 4.80. The van der Waals surface area contributed by atoms with Crippen LogP contribution in [0.5, 0.6) is 5.75 Å². The highest BCUT2D eigenvalue weighted by atomic mass is 16.5. The molecule has 0 aromatic heterocycles. The van der Waals surface area contributed by atoms with Gasteiger partial charge < -0.3 is 19.9 Å². The zero-order valence-corrected chi connectivity index (χ0v) is 12.1. The molecule has 1 fully saturated rings. The molecule has 0 aliphatic carbocycles. The lowest BCUT2D eigenvalue weighted by Crippen LogP contribution is -2.36. The second-order valence-electron chi connectivity index (χ2n) is 5.03. The molecule has 2 rings (SSSR count). The van der Waals surface area contributed by atoms with Crippen molar-refractivity contribution in [1.29, 1.82) is 0 Å². The van der Waals surface area contributed by atoms with E-state index in [2.05, 4.69) is 5.32 Å². The van der Waals surface area contributed by atoms with Crippen LogP contribution < -0.4 is 10.1 Å². The number of carboxylic acids is 1. The third-order valence-electron chi connectivity index (χ3n) is 3.64. The number of hydrogen-bond acceptors (Lipinski definition) is 4. The number of carboxylic acid groups (broad SMARTS) is 1. The van der Waals surface area contributed by atoms with Crippen molar-refractivity contribution in [3.63, 3.8) is 0 Å². The number of aromatic carboxylic acids is 1. The Balaban J connectivity index is 2.12. The zero-order chi connectivity index (χ0) is 15.4. The lowest BCUT2D eigenvalue weighted by Gasteiger charge is -2.28. The molecule has 1 saturated heterocycles. The number of hydrogen-bond donors (Lipinski definition) is 2. The number of carbonyl (C=O) groups excluding carboxylic acids is 1. The molecule has 6 nitrogen and oxygen atoms in total. The topological polar surface area (TPSA) is 84.9 Å². The van der Waals surface area contributed by atoms with Gasteiger partial charge in [-0.1, -0.05) is 0 Å². The summed E-state index contributed by atoms with van der Waals surface area (Å²) in [6, 6.07) is 4.48. The molecule has 114 valence electrons. The fourth-order valence-corrected chi connectivity index (χ4v) is 2.45. The van der Waals surface area contributed by atoms with Gasteiger partial charge in [0.1, 0.15) is 11.3 Å². The van der Waals surface area contributed by atoms with E-state index in [1.807, 2.05) is 6.92 Å². The summed E-state index contributed by atoms with van der Waals surface area (Å²) in [6.07, 6.45) is 1.54. The molecule has 2 unspecified atom stereocenters. The van der Waals surface area contributed by atoms with Gasteiger partial charge in [0.25, 0.3) is 0 Å². The second kappa shape index (κ2) is 6.58. The number of carbonyl (C=O) groups is 2. The largest absolute Gasteiger partial charge is 0.496 e. The molecule has 6 heteroatoms. The van der Waals surface area contributed by atoms with Crippen LogP contribution in [0.4, 0.5) is 5.69 Å². The Morgan fingerprint density at radius 2 is 2.19 bits per heavy atom. The van der Waals surface area contributed by atoms with Gasteiger partial charge in [-0.05, 0) is 31.9 Å². The van der Waals surface area contributed by atoms with Crippen molar-refractivity contribution in [3.8, 4) is 5.75 Å². The van der Waals surface area contributed by atoms with Crippen LogP contribution in [0.2, 0.25) is 0 Å². The monoisotopic (exact) mass is 293 g/mol. The highest BCUT2D eigenvalue weighted by Gasteiger charge is 2.28. The Morgan fingerprint density at radius 1 is 1.43 bits per heavy atom. The molecule has 0 radical (unpaired) electrons. The van der Waals surface area contributed by atoms with E-state index in [-0.39, 0.29) is 29.2 Å². The highest BCUT2D eigenvalue weighted by Crippen LogP contribution is 2.26. The predicted molar refractivity (Wildman–Crippen MR) is 76.7 cm³/mol. The number of amides is 1. The Bertz CT molecular complexity index is 543. The van der Waals surface area contributed by atoms with Crippen LogP contribution in [-0.4, -0.2) is 36.8 Å². The summed E-state index contributed by atoms with van der Waals surface area (Å²) in [5.74, 6) is -1.16. The molecule has 1 aromatic carbocycles. The van der Waals surface area contributed by atoms with Gasteiger partial charge in [-0.25, -0.2) is 4.79 Å². The number of rotatable bonds is 4. The number of nitrogens with one attached hydrogen (secondary N) is 1. The average Bonchev–Trinajstić information content (AvgIpc) is 2.47. The lowest BCUT2D eigenvalue weighted by molar-refractivity contribution is -0.127. The fourth-order valence-electron chi connectivity index (χ4n) is 2.45. The van der Waals surface area contributed by atoms with E-state index in [4.69, 9.17) is 14.6 Å². The molecule has 1 aromatic rings. The van der Waals surface area contributed by atoms with Crippen LogP contribution in [0.15, 0.2) is 18.2 Å². The molecule has 1 heterocycles. The van der Waals surface area contributed by atoms with Crippen LogP contribution in [0.25, 0.3) is 0 Å². The molecule has 21 heavy (non-hydrogen) atoms. The van der Waals surface area contributed by atoms with Crippen molar-refractivity contribution in [1.82, 2.24) is 0 Å². The summed E-state index contributed by atoms with van der Waals surface area (Å²) in [5, 5.41) is 11.8. The van der Waals surface area contributed by atoms with E-state index >= 15 is 0 Å². The minimum atomic E-state index is -1.07. The summed E-state index contributed by atoms with van der Waals surface area (Å²) in [4.78, 5) is 23.3. The first-order chi connectivity index (χ1) is 10.0. The van der Waals surface area contributed by atoms with Gasteiger partial charge in [0.05, 0.1) is 19.1 Å². The van der Waals surface area contributed by atoms with E-state index in [0.29, 0.717) is 12.3 Å². The van der Waals surface area contributed by atoms with Crippen molar-refractivity contribution in [2.24, 2.45) is 5.92 Å². The second-order valence-corrected chi connectivity index (χ2v) is 5.03. The normalized spacial score (nSPS) is 21.6. The first kappa shape index (κ1) is 15.3. The fraction of sp³-hybridized carbons (Fsp3) is 0.467. The van der Waals surface area contributed by atoms with Gasteiger partial charge in [0.2, 0.25) is 5.91 Å². The van der Waals surface area contributed by atoms with Crippen LogP contribution in [0.3, 0.4) is 0 Å². The SMILES string of the molecule is COc1cc(NC(=O)C2CCCOC2C)ccc1C(=O)O. The smallest absolute Gasteiger partial charge is 0.339 e. The molecule has 1 amide bonds. The van der Waals surface area contributed by atoms with E-state index in [0.717, 1.165) is 12.8 Å². The van der Waals surface area contributed by atoms with Gasteiger partial charge in [-0.2, -0.15) is 0 Å². The molecule has 0 bridgehead atoms. The van der Waals surface area contributed by atoms with E-state index < -0.39 is 5.97 Å². The molecule has 2 N–H and O–H groups in total. The summed E-state index contributed by atoms with van der Waals surface area (Å²) < 4.78 is 10.5. The molecule has 2 atom stereocenters. The summed E-state index contributed by atoms with van der Waals surface area (Å²) >= 11 is 0. The molecular formula is C15H19NO5. The maximum Gasteiger partial charge on any atom is 0.339 e. The third-order valence-corrected chi connectivity index (χ3v) is 3.64. The number of anilines is 1. The highest BCUT2D eigenvalue weighted by molar-refractivity contribution is 5.95. The summed E-state index contributed by atoms with van der Waals surface area (Å²) in [7, 11) is 1.39. The van der Waals surface area contributed by atoms with Crippen molar-refractivity contribution >= 4 is 17.6 Å². The number of benzene rings is 1. The van der Waals surface area contributed by atoms with Gasteiger partial charge in [0.15, 0.2) is 0 Å². The molecule has 1 aliphatic rings. The van der Waals surface area contributed by atoms with Gasteiger partial charge in [0, 0.05) is 18.4 Å². The maximum atomic E-state index is 12.2. The van der Waals surface area contributed by atoms with Crippen LogP contribution in [0, 0.1) is 5.92 Å². The van der Waals surface area contributed by atoms with Crippen LogP contribution >= 0.6 is 0 Å². The Morgan fingerprint density at radius 3 is 2.81 bits per heavy atom. The maximum absolute atomic E-state index is 12.2. The molecule has 0 spiro atoms. The number of ether oxygens (including phenoxy) is 2. The van der Waals surface area contributed by atoms with Crippen molar-refractivity contribution in [3.05, 3.63) is 23.8 Å². The predicted octanol–water partition coefficient (Wildman–Crippen LogP) is 2.15. The van der Waals surface area contributed by atoms with Crippen LogP contribution in [0.1, 0.15) is 30.1 Å². The van der Waals surface area contributed by atoms with E-state index in [1.54, 1.807) is 6.07 Å². The summed E-state index contributed by atoms with van der Waals surface area (Å²) in [6.45, 7) is 2.57. The zero-order valence-electron chi connectivity index (χ0n) is 12.1. The van der Waals surface area contributed by atoms with Crippen molar-refractivity contribution < 1.29 is 24.2 Å². The quantitative estimate of drug-likeness (QED) is 0.888. The minimum absolute atomic E-state index is 0.0601. The van der Waals surface area contributed by atoms with Gasteiger partial charge in [-0.3, -0.25) is 4.79 Å². The Hall–Kier alpha value is -2.08. The molecule has 1 aliphatic heterocycles. The van der Waals surface area contributed by atoms with E-state index in [9.17, 15) is 9.59 Å². The third kappa shape index (κ3) is 3.52. The Labute approximate surface area is 123 Å². The molecule has 0 saturated carbocycles. The first-order valence-corrected chi connectivity index (χ1v) is 6.86. The average molecular weight is 293 g/mol. The lowest BCUT2D eigenvalue weighted by atomic mass is 9.94. The standard InChI is InChI=1S/C15H19NO5/c1-9-11(4-3-7-21-9)14(17)16-10-5-6-12(15(18)19)13(8-10)20-2/h5-6,8-9,11H,3-4,7H2,1-2H3,(H,16,17)(H,18,19). The number of methoxy groups -OCH3 is 1. The van der Waals surface area contributed by atoms with Crippen molar-refractivity contribution in [2.75, 3.05) is 19.0 Å². The van der Waals surface area contributed by atoms with Crippen LogP contribution in [-0.2, 0) is 9.53 Å². The summed E-state index contributed by atoms with van der Waals surface area (Å²) in [5.41, 5.74) is 0.574. The minimum Gasteiger partial charge on any atom is -0.496 e. The van der Waals surface area contributed by atoms with Gasteiger partial charge in [-0.15, -0.1) is 0 Å². The van der Waals surface area contributed by atoms with Crippen molar-refractivity contribution in [2.45, 2.75) is 25.9 Å². The van der Waals surface area contributed by atoms with Gasteiger partial charge >= 0.3 is 5.97 Å². The van der Waals surface area contributed by atoms with E-state index in [1.165, 1.54) is 19.2 Å². The molecular weight excluding hydrogens is 274 g/mol.